The first-order chi connectivity index (χ1) is 5.97. The lowest BCUT2D eigenvalue weighted by molar-refractivity contribution is 1.22. The maximum absolute atomic E-state index is 4.25. The fraction of sp³-hybridized carbons (Fsp3) is 0. The van der Waals surface area contributed by atoms with Gasteiger partial charge >= 0.3 is 0 Å². The van der Waals surface area contributed by atoms with Gasteiger partial charge in [-0.25, -0.2) is 0 Å². The molecule has 0 fully saturated rings. The van der Waals surface area contributed by atoms with Gasteiger partial charge in [0.2, 0.25) is 0 Å². The summed E-state index contributed by atoms with van der Waals surface area (Å²) in [5, 5.41) is 2.19. The number of rotatable bonds is 0. The van der Waals surface area contributed by atoms with E-state index >= 15 is 0 Å². The van der Waals surface area contributed by atoms with Gasteiger partial charge in [0.1, 0.15) is 0 Å². The van der Waals surface area contributed by atoms with E-state index in [0.717, 1.165) is 10.6 Å². The Morgan fingerprint density at radius 2 is 1.75 bits per heavy atom. The Labute approximate surface area is 71.1 Å². The average Bonchev–Trinajstić information content (AvgIpc) is 2.06. The van der Waals surface area contributed by atoms with Crippen LogP contribution in [-0.2, 0) is 0 Å². The van der Waals surface area contributed by atoms with Gasteiger partial charge < -0.3 is 0 Å². The van der Waals surface area contributed by atoms with E-state index in [2.05, 4.69) is 17.1 Å². The topological polar surface area (TPSA) is 12.9 Å². The summed E-state index contributed by atoms with van der Waals surface area (Å²) in [6.45, 7) is 0. The van der Waals surface area contributed by atoms with Crippen molar-refractivity contribution in [1.29, 1.82) is 0 Å². The molecule has 1 aromatic heterocycles. The molecule has 58 valence electrons. The maximum Gasteiger partial charge on any atom is 0.0701 e. The van der Waals surface area contributed by atoms with E-state index in [4.69, 9.17) is 0 Å². The molecule has 1 aliphatic carbocycles. The number of allylic oxidation sites excluding steroid dienone is 4. The number of aromatic nitrogens is 1. The molecule has 1 heterocycles. The van der Waals surface area contributed by atoms with E-state index in [1.54, 1.807) is 0 Å². The summed E-state index contributed by atoms with van der Waals surface area (Å²) in [5.41, 5.74) is 0. The second kappa shape index (κ2) is 3.18. The normalized spacial score (nSPS) is 19.3. The first-order valence-electron chi connectivity index (χ1n) is 3.93. The van der Waals surface area contributed by atoms with E-state index in [0.29, 0.717) is 0 Å². The molecule has 0 atom stereocenters. The third-order valence-corrected chi connectivity index (χ3v) is 1.73. The largest absolute Gasteiger partial charge is 0.256 e. The minimum atomic E-state index is 1.03. The molecular formula is C11H9N. The molecule has 1 heteroatoms. The van der Waals surface area contributed by atoms with E-state index < -0.39 is 0 Å². The van der Waals surface area contributed by atoms with Gasteiger partial charge in [0.15, 0.2) is 0 Å². The van der Waals surface area contributed by atoms with Crippen LogP contribution in [0.3, 0.4) is 0 Å². The molecule has 1 nitrogen and oxygen atoms in total. The molecule has 1 aromatic rings. The summed E-state index contributed by atoms with van der Waals surface area (Å²) in [6.07, 6.45) is 13.9. The summed E-state index contributed by atoms with van der Waals surface area (Å²) in [7, 11) is 0. The van der Waals surface area contributed by atoms with Crippen molar-refractivity contribution in [2.75, 3.05) is 0 Å². The van der Waals surface area contributed by atoms with Gasteiger partial charge in [0.25, 0.3) is 0 Å². The molecular weight excluding hydrogens is 146 g/mol. The fourth-order valence-electron chi connectivity index (χ4n) is 1.14. The van der Waals surface area contributed by atoms with Gasteiger partial charge in [0, 0.05) is 11.4 Å². The summed E-state index contributed by atoms with van der Waals surface area (Å²) >= 11 is 0. The molecule has 0 amide bonds. The Hall–Kier alpha value is -1.63. The van der Waals surface area contributed by atoms with Crippen molar-refractivity contribution in [3.8, 4) is 0 Å². The second-order valence-corrected chi connectivity index (χ2v) is 2.58. The molecule has 0 saturated heterocycles. The molecule has 0 radical (unpaired) electrons. The summed E-state index contributed by atoms with van der Waals surface area (Å²) in [6, 6.07) is 4.00. The first kappa shape index (κ1) is 7.04. The maximum atomic E-state index is 4.25. The highest BCUT2D eigenvalue weighted by atomic mass is 14.6. The van der Waals surface area contributed by atoms with Crippen molar-refractivity contribution in [2.45, 2.75) is 0 Å². The summed E-state index contributed by atoms with van der Waals surface area (Å²) in [5.74, 6) is 0. The Bertz CT molecular complexity index is 395. The van der Waals surface area contributed by atoms with Crippen LogP contribution in [0.4, 0.5) is 0 Å². The highest BCUT2D eigenvalue weighted by Gasteiger charge is 1.83. The van der Waals surface area contributed by atoms with E-state index in [1.807, 2.05) is 42.6 Å². The molecule has 0 N–H and O–H groups in total. The smallest absolute Gasteiger partial charge is 0.0701 e. The number of pyridine rings is 1. The lowest BCUT2D eigenvalue weighted by Crippen LogP contribution is -2.26. The van der Waals surface area contributed by atoms with Crippen LogP contribution in [0.15, 0.2) is 42.6 Å². The Kier molecular flexibility index (Phi) is 1.87. The number of nitrogens with zero attached hydrogens (tertiary/aromatic N) is 1. The van der Waals surface area contributed by atoms with Crippen LogP contribution in [0.25, 0.3) is 12.2 Å². The van der Waals surface area contributed by atoms with Gasteiger partial charge in [-0.2, -0.15) is 0 Å². The van der Waals surface area contributed by atoms with Crippen molar-refractivity contribution in [2.24, 2.45) is 0 Å². The minimum Gasteiger partial charge on any atom is -0.256 e. The molecule has 0 saturated carbocycles. The van der Waals surface area contributed by atoms with Crippen molar-refractivity contribution >= 4 is 12.2 Å². The van der Waals surface area contributed by atoms with Crippen molar-refractivity contribution < 1.29 is 0 Å². The van der Waals surface area contributed by atoms with Gasteiger partial charge in [-0.3, -0.25) is 4.98 Å². The van der Waals surface area contributed by atoms with Crippen LogP contribution in [0.2, 0.25) is 0 Å². The van der Waals surface area contributed by atoms with Crippen molar-refractivity contribution in [3.05, 3.63) is 53.2 Å². The SMILES string of the molecule is C1=C/C=c2/cccn/c2=C/C=C1. The van der Waals surface area contributed by atoms with E-state index in [9.17, 15) is 0 Å². The third kappa shape index (κ3) is 1.35. The summed E-state index contributed by atoms with van der Waals surface area (Å²) < 4.78 is 0. The molecule has 2 rings (SSSR count). The lowest BCUT2D eigenvalue weighted by atomic mass is 10.2. The molecule has 12 heavy (non-hydrogen) atoms. The highest BCUT2D eigenvalue weighted by Crippen LogP contribution is 1.82. The monoisotopic (exact) mass is 155 g/mol. The van der Waals surface area contributed by atoms with Crippen LogP contribution >= 0.6 is 0 Å². The predicted octanol–water partition coefficient (Wildman–Crippen LogP) is 0.769. The quantitative estimate of drug-likeness (QED) is 0.539. The van der Waals surface area contributed by atoms with Crippen LogP contribution < -0.4 is 10.6 Å². The Morgan fingerprint density at radius 3 is 2.67 bits per heavy atom. The van der Waals surface area contributed by atoms with Crippen molar-refractivity contribution in [1.82, 2.24) is 4.98 Å². The molecule has 0 aliphatic heterocycles. The number of hydrogen-bond donors (Lipinski definition) is 0. The van der Waals surface area contributed by atoms with E-state index in [-0.39, 0.29) is 0 Å². The predicted molar refractivity (Wildman–Crippen MR) is 50.7 cm³/mol. The molecule has 0 aromatic carbocycles. The van der Waals surface area contributed by atoms with Crippen LogP contribution in [0, 0.1) is 0 Å². The highest BCUT2D eigenvalue weighted by molar-refractivity contribution is 5.45. The number of fused-ring (bicyclic) bond motifs is 1. The zero-order chi connectivity index (χ0) is 8.23. The zero-order valence-corrected chi connectivity index (χ0v) is 6.64. The molecule has 1 aliphatic rings. The lowest BCUT2D eigenvalue weighted by Gasteiger charge is -1.88. The second-order valence-electron chi connectivity index (χ2n) is 2.58. The molecule has 0 spiro atoms. The van der Waals surface area contributed by atoms with Crippen molar-refractivity contribution in [3.63, 3.8) is 0 Å². The van der Waals surface area contributed by atoms with Gasteiger partial charge in [-0.05, 0) is 12.1 Å². The Balaban J connectivity index is 2.80. The van der Waals surface area contributed by atoms with Crippen LogP contribution in [0.1, 0.15) is 0 Å². The molecule has 0 bridgehead atoms. The van der Waals surface area contributed by atoms with E-state index in [1.165, 1.54) is 0 Å². The first-order valence-corrected chi connectivity index (χ1v) is 3.93. The third-order valence-electron chi connectivity index (χ3n) is 1.73. The number of hydrogen-bond acceptors (Lipinski definition) is 1. The average molecular weight is 155 g/mol. The minimum absolute atomic E-state index is 1.03. The fourth-order valence-corrected chi connectivity index (χ4v) is 1.14. The molecule has 0 unspecified atom stereocenters. The zero-order valence-electron chi connectivity index (χ0n) is 6.64. The summed E-state index contributed by atoms with van der Waals surface area (Å²) in [4.78, 5) is 4.25. The standard InChI is InChI=1S/C11H9N/c1-2-4-8-11-10(6-3-1)7-5-9-12-11/h1-9H/b2-1?,3-1?,4-2?,6-3?,8-4?,10-6-,11-8+. The Morgan fingerprint density at radius 1 is 0.917 bits per heavy atom. The van der Waals surface area contributed by atoms with Crippen LogP contribution in [0.5, 0.6) is 0 Å². The van der Waals surface area contributed by atoms with Gasteiger partial charge in [-0.15, -0.1) is 0 Å². The van der Waals surface area contributed by atoms with Crippen LogP contribution in [-0.4, -0.2) is 4.98 Å². The van der Waals surface area contributed by atoms with Gasteiger partial charge in [-0.1, -0.05) is 36.4 Å². The van der Waals surface area contributed by atoms with Gasteiger partial charge in [0.05, 0.1) is 5.35 Å².